The van der Waals surface area contributed by atoms with Crippen molar-refractivity contribution in [2.45, 2.75) is 31.7 Å². The summed E-state index contributed by atoms with van der Waals surface area (Å²) in [5.74, 6) is -1.84. The average Bonchev–Trinajstić information content (AvgIpc) is 3.08. The number of amides is 2. The average molecular weight is 411 g/mol. The molecule has 2 N–H and O–H groups in total. The monoisotopic (exact) mass is 411 g/mol. The van der Waals surface area contributed by atoms with Crippen LogP contribution in [-0.2, 0) is 4.79 Å². The predicted molar refractivity (Wildman–Crippen MR) is 93.8 cm³/mol. The normalized spacial score (nSPS) is 17.4. The molecule has 1 aromatic carbocycles. The smallest absolute Gasteiger partial charge is 0.406 e. The SMILES string of the molecule is Cc1nc(C(CC(=O)[C@@H]2CNC(=O)N2)c2ccc(OC(F)(F)F)cc2)ccc1F. The van der Waals surface area contributed by atoms with Crippen LogP contribution in [0.3, 0.4) is 0 Å². The first-order chi connectivity index (χ1) is 13.6. The summed E-state index contributed by atoms with van der Waals surface area (Å²) < 4.78 is 54.6. The molecule has 1 saturated heterocycles. The Morgan fingerprint density at radius 1 is 1.24 bits per heavy atom. The number of hydrogen-bond donors (Lipinski definition) is 2. The van der Waals surface area contributed by atoms with E-state index in [1.165, 1.54) is 31.2 Å². The molecular formula is C19H17F4N3O3. The fourth-order valence-electron chi connectivity index (χ4n) is 3.05. The topological polar surface area (TPSA) is 80.3 Å². The van der Waals surface area contributed by atoms with Crippen molar-refractivity contribution < 1.29 is 31.9 Å². The van der Waals surface area contributed by atoms with E-state index in [1.807, 2.05) is 0 Å². The number of carbonyl (C=O) groups is 2. The molecule has 1 aliphatic heterocycles. The quantitative estimate of drug-likeness (QED) is 0.716. The lowest BCUT2D eigenvalue weighted by Gasteiger charge is -2.19. The van der Waals surface area contributed by atoms with E-state index >= 15 is 0 Å². The van der Waals surface area contributed by atoms with Crippen LogP contribution in [0.25, 0.3) is 0 Å². The van der Waals surface area contributed by atoms with Gasteiger partial charge in [-0.1, -0.05) is 12.1 Å². The Labute approximate surface area is 163 Å². The molecule has 154 valence electrons. The number of nitrogens with one attached hydrogen (secondary N) is 2. The summed E-state index contributed by atoms with van der Waals surface area (Å²) in [6, 6.07) is 6.52. The Hall–Kier alpha value is -3.17. The molecule has 0 aliphatic carbocycles. The maximum absolute atomic E-state index is 13.6. The minimum Gasteiger partial charge on any atom is -0.406 e. The molecule has 6 nitrogen and oxygen atoms in total. The van der Waals surface area contributed by atoms with Gasteiger partial charge in [-0.25, -0.2) is 9.18 Å². The van der Waals surface area contributed by atoms with Crippen LogP contribution in [0.2, 0.25) is 0 Å². The number of benzene rings is 1. The first kappa shape index (κ1) is 20.6. The van der Waals surface area contributed by atoms with Crippen LogP contribution < -0.4 is 15.4 Å². The van der Waals surface area contributed by atoms with E-state index in [1.54, 1.807) is 0 Å². The van der Waals surface area contributed by atoms with E-state index in [9.17, 15) is 27.2 Å². The Bertz CT molecular complexity index is 916. The van der Waals surface area contributed by atoms with Gasteiger partial charge in [-0.2, -0.15) is 0 Å². The first-order valence-corrected chi connectivity index (χ1v) is 8.68. The number of pyridine rings is 1. The summed E-state index contributed by atoms with van der Waals surface area (Å²) in [4.78, 5) is 28.1. The molecule has 29 heavy (non-hydrogen) atoms. The molecule has 2 heterocycles. The minimum absolute atomic E-state index is 0.0792. The standard InChI is InChI=1S/C19H17F4N3O3/c1-10-14(20)6-7-15(25-10)13(8-17(27)16-9-24-18(28)26-16)11-2-4-12(5-3-11)29-19(21,22)23/h2-7,13,16H,8-9H2,1H3,(H2,24,26,28)/t13?,16-/m0/s1. The largest absolute Gasteiger partial charge is 0.573 e. The zero-order valence-corrected chi connectivity index (χ0v) is 15.2. The van der Waals surface area contributed by atoms with Gasteiger partial charge in [-0.15, -0.1) is 13.2 Å². The number of rotatable bonds is 6. The third-order valence-electron chi connectivity index (χ3n) is 4.48. The van der Waals surface area contributed by atoms with Gasteiger partial charge in [0.05, 0.1) is 5.69 Å². The molecule has 0 saturated carbocycles. The zero-order chi connectivity index (χ0) is 21.2. The lowest BCUT2D eigenvalue weighted by molar-refractivity contribution is -0.274. The maximum Gasteiger partial charge on any atom is 0.573 e. The van der Waals surface area contributed by atoms with E-state index < -0.39 is 35.9 Å². The second-order valence-corrected chi connectivity index (χ2v) is 6.55. The number of aromatic nitrogens is 1. The summed E-state index contributed by atoms with van der Waals surface area (Å²) in [5, 5.41) is 4.98. The molecule has 1 fully saturated rings. The summed E-state index contributed by atoms with van der Waals surface area (Å²) in [6.07, 6.45) is -4.90. The number of Topliss-reactive ketones (excluding diaryl/α,β-unsaturated/α-hetero) is 1. The van der Waals surface area contributed by atoms with E-state index in [0.717, 1.165) is 12.1 Å². The Morgan fingerprint density at radius 3 is 2.48 bits per heavy atom. The van der Waals surface area contributed by atoms with Crippen LogP contribution >= 0.6 is 0 Å². The fourth-order valence-corrected chi connectivity index (χ4v) is 3.05. The van der Waals surface area contributed by atoms with Crippen molar-refractivity contribution in [2.75, 3.05) is 6.54 Å². The molecule has 0 radical (unpaired) electrons. The molecule has 0 spiro atoms. The molecule has 2 amide bonds. The van der Waals surface area contributed by atoms with E-state index in [2.05, 4.69) is 20.4 Å². The van der Waals surface area contributed by atoms with Crippen LogP contribution in [0.5, 0.6) is 5.75 Å². The molecule has 2 aromatic rings. The van der Waals surface area contributed by atoms with Crippen molar-refractivity contribution in [3.05, 3.63) is 59.2 Å². The molecular weight excluding hydrogens is 394 g/mol. The summed E-state index contributed by atoms with van der Waals surface area (Å²) in [7, 11) is 0. The number of hydrogen-bond acceptors (Lipinski definition) is 4. The number of halogens is 4. The van der Waals surface area contributed by atoms with Gasteiger partial charge in [0.1, 0.15) is 17.6 Å². The molecule has 1 unspecified atom stereocenters. The highest BCUT2D eigenvalue weighted by atomic mass is 19.4. The highest BCUT2D eigenvalue weighted by Gasteiger charge is 2.32. The Balaban J connectivity index is 1.88. The van der Waals surface area contributed by atoms with Crippen molar-refractivity contribution in [3.8, 4) is 5.75 Å². The van der Waals surface area contributed by atoms with Crippen molar-refractivity contribution in [3.63, 3.8) is 0 Å². The molecule has 1 aliphatic rings. The Kier molecular flexibility index (Phi) is 5.71. The lowest BCUT2D eigenvalue weighted by Crippen LogP contribution is -2.35. The van der Waals surface area contributed by atoms with Crippen LogP contribution in [0, 0.1) is 12.7 Å². The number of alkyl halides is 3. The van der Waals surface area contributed by atoms with Gasteiger partial charge in [-0.05, 0) is 36.8 Å². The molecule has 2 atom stereocenters. The van der Waals surface area contributed by atoms with Crippen LogP contribution in [-0.4, -0.2) is 35.7 Å². The van der Waals surface area contributed by atoms with Crippen LogP contribution in [0.15, 0.2) is 36.4 Å². The van der Waals surface area contributed by atoms with Gasteiger partial charge < -0.3 is 15.4 Å². The number of carbonyl (C=O) groups excluding carboxylic acids is 2. The first-order valence-electron chi connectivity index (χ1n) is 8.68. The van der Waals surface area contributed by atoms with Gasteiger partial charge in [0.15, 0.2) is 5.78 Å². The predicted octanol–water partition coefficient (Wildman–Crippen LogP) is 3.20. The number of ketones is 1. The third kappa shape index (κ3) is 5.21. The van der Waals surface area contributed by atoms with E-state index in [4.69, 9.17) is 0 Å². The van der Waals surface area contributed by atoms with Gasteiger partial charge in [0, 0.05) is 24.6 Å². The minimum atomic E-state index is -4.82. The van der Waals surface area contributed by atoms with Crippen LogP contribution in [0.4, 0.5) is 22.4 Å². The van der Waals surface area contributed by atoms with Gasteiger partial charge in [-0.3, -0.25) is 9.78 Å². The number of urea groups is 1. The zero-order valence-electron chi connectivity index (χ0n) is 15.2. The Morgan fingerprint density at radius 2 is 1.93 bits per heavy atom. The molecule has 3 rings (SSSR count). The molecule has 1 aromatic heterocycles. The summed E-state index contributed by atoms with van der Waals surface area (Å²) >= 11 is 0. The van der Waals surface area contributed by atoms with Crippen LogP contribution in [0.1, 0.15) is 29.3 Å². The second kappa shape index (κ2) is 8.06. The highest BCUT2D eigenvalue weighted by molar-refractivity contribution is 5.92. The van der Waals surface area contributed by atoms with Crippen molar-refractivity contribution in [2.24, 2.45) is 0 Å². The van der Waals surface area contributed by atoms with Gasteiger partial charge >= 0.3 is 12.4 Å². The van der Waals surface area contributed by atoms with Crippen molar-refractivity contribution >= 4 is 11.8 Å². The number of nitrogens with zero attached hydrogens (tertiary/aromatic N) is 1. The van der Waals surface area contributed by atoms with Gasteiger partial charge in [0.2, 0.25) is 0 Å². The van der Waals surface area contributed by atoms with Crippen molar-refractivity contribution in [1.82, 2.24) is 15.6 Å². The number of ether oxygens (including phenoxy) is 1. The fraction of sp³-hybridized carbons (Fsp3) is 0.316. The maximum atomic E-state index is 13.6. The molecule has 0 bridgehead atoms. The van der Waals surface area contributed by atoms with Gasteiger partial charge in [0.25, 0.3) is 0 Å². The third-order valence-corrected chi connectivity index (χ3v) is 4.48. The van der Waals surface area contributed by atoms with E-state index in [0.29, 0.717) is 11.3 Å². The van der Waals surface area contributed by atoms with E-state index in [-0.39, 0.29) is 24.4 Å². The van der Waals surface area contributed by atoms with Crippen molar-refractivity contribution in [1.29, 1.82) is 0 Å². The molecule has 10 heteroatoms. The number of aryl methyl sites for hydroxylation is 1. The summed E-state index contributed by atoms with van der Waals surface area (Å²) in [5.41, 5.74) is 1.02. The lowest BCUT2D eigenvalue weighted by atomic mass is 9.88. The summed E-state index contributed by atoms with van der Waals surface area (Å²) in [6.45, 7) is 1.61. The highest BCUT2D eigenvalue weighted by Crippen LogP contribution is 2.31. The second-order valence-electron chi connectivity index (χ2n) is 6.55.